The molecule has 0 aromatic rings. The molecule has 0 spiro atoms. The lowest BCUT2D eigenvalue weighted by Crippen LogP contribution is -2.15. The molecular formula is C13H24O2. The fourth-order valence-corrected chi connectivity index (χ4v) is 1.35. The van der Waals surface area contributed by atoms with Gasteiger partial charge in [-0.05, 0) is 26.7 Å². The van der Waals surface area contributed by atoms with E-state index in [0.717, 1.165) is 37.7 Å². The first-order chi connectivity index (χ1) is 7.11. The van der Waals surface area contributed by atoms with Gasteiger partial charge in [-0.15, -0.1) is 0 Å². The minimum absolute atomic E-state index is 0.0389. The van der Waals surface area contributed by atoms with Crippen molar-refractivity contribution in [1.29, 1.82) is 0 Å². The van der Waals surface area contributed by atoms with Gasteiger partial charge >= 0.3 is 5.97 Å². The lowest BCUT2D eigenvalue weighted by atomic mass is 10.2. The largest absolute Gasteiger partial charge is 0.459 e. The number of hydrogen-bond acceptors (Lipinski definition) is 2. The smallest absolute Gasteiger partial charge is 0.333 e. The van der Waals surface area contributed by atoms with Gasteiger partial charge in [0, 0.05) is 5.57 Å². The second-order valence-electron chi connectivity index (χ2n) is 4.03. The summed E-state index contributed by atoms with van der Waals surface area (Å²) in [6.07, 6.45) is 7.27. The molecule has 1 atom stereocenters. The average molecular weight is 212 g/mol. The van der Waals surface area contributed by atoms with E-state index in [1.165, 1.54) is 0 Å². The van der Waals surface area contributed by atoms with Crippen molar-refractivity contribution >= 4 is 5.97 Å². The van der Waals surface area contributed by atoms with E-state index in [2.05, 4.69) is 13.8 Å². The highest BCUT2D eigenvalue weighted by atomic mass is 16.5. The van der Waals surface area contributed by atoms with E-state index in [1.807, 2.05) is 19.9 Å². The van der Waals surface area contributed by atoms with Crippen molar-refractivity contribution in [2.24, 2.45) is 0 Å². The lowest BCUT2D eigenvalue weighted by molar-refractivity contribution is -0.143. The third-order valence-corrected chi connectivity index (χ3v) is 2.33. The van der Waals surface area contributed by atoms with Gasteiger partial charge in [0.25, 0.3) is 0 Å². The van der Waals surface area contributed by atoms with Gasteiger partial charge in [0.2, 0.25) is 0 Å². The molecule has 1 unspecified atom stereocenters. The molecule has 0 rings (SSSR count). The maximum absolute atomic E-state index is 11.5. The van der Waals surface area contributed by atoms with Gasteiger partial charge in [-0.25, -0.2) is 4.79 Å². The SMILES string of the molecule is CCCC/C=C(\C)C(=O)OC(C)CCC. The summed E-state index contributed by atoms with van der Waals surface area (Å²) in [5.74, 6) is -0.160. The standard InChI is InChI=1S/C13H24O2/c1-5-7-8-10-11(3)13(14)15-12(4)9-6-2/h10,12H,5-9H2,1-4H3/b11-10+. The number of ether oxygens (including phenoxy) is 1. The van der Waals surface area contributed by atoms with Gasteiger partial charge in [0.1, 0.15) is 0 Å². The molecule has 0 fully saturated rings. The van der Waals surface area contributed by atoms with Crippen LogP contribution in [0.4, 0.5) is 0 Å². The van der Waals surface area contributed by atoms with Crippen LogP contribution in [0.5, 0.6) is 0 Å². The number of hydrogen-bond donors (Lipinski definition) is 0. The minimum atomic E-state index is -0.160. The molecule has 0 aromatic carbocycles. The van der Waals surface area contributed by atoms with Crippen molar-refractivity contribution in [3.05, 3.63) is 11.6 Å². The molecular weight excluding hydrogens is 188 g/mol. The first-order valence-electron chi connectivity index (χ1n) is 5.99. The molecule has 88 valence electrons. The van der Waals surface area contributed by atoms with Crippen LogP contribution in [0.1, 0.15) is 59.8 Å². The van der Waals surface area contributed by atoms with Crippen LogP contribution in [0.25, 0.3) is 0 Å². The third-order valence-electron chi connectivity index (χ3n) is 2.33. The number of carbonyl (C=O) groups is 1. The first-order valence-corrected chi connectivity index (χ1v) is 5.99. The zero-order chi connectivity index (χ0) is 11.7. The van der Waals surface area contributed by atoms with Crippen LogP contribution in [-0.4, -0.2) is 12.1 Å². The van der Waals surface area contributed by atoms with Gasteiger partial charge in [0.05, 0.1) is 6.10 Å². The van der Waals surface area contributed by atoms with Crippen LogP contribution in [-0.2, 0) is 9.53 Å². The highest BCUT2D eigenvalue weighted by Crippen LogP contribution is 2.07. The number of allylic oxidation sites excluding steroid dienone is 1. The fraction of sp³-hybridized carbons (Fsp3) is 0.769. The molecule has 0 aliphatic heterocycles. The Hall–Kier alpha value is -0.790. The molecule has 0 radical (unpaired) electrons. The Morgan fingerprint density at radius 3 is 2.53 bits per heavy atom. The summed E-state index contributed by atoms with van der Waals surface area (Å²) in [6.45, 7) is 8.01. The van der Waals surface area contributed by atoms with Crippen molar-refractivity contribution in [2.45, 2.75) is 65.9 Å². The molecule has 0 aromatic heterocycles. The lowest BCUT2D eigenvalue weighted by Gasteiger charge is -2.12. The van der Waals surface area contributed by atoms with Crippen molar-refractivity contribution in [2.75, 3.05) is 0 Å². The number of rotatable bonds is 7. The monoisotopic (exact) mass is 212 g/mol. The summed E-state index contributed by atoms with van der Waals surface area (Å²) in [5, 5.41) is 0. The Morgan fingerprint density at radius 2 is 2.00 bits per heavy atom. The van der Waals surface area contributed by atoms with Crippen molar-refractivity contribution in [3.63, 3.8) is 0 Å². The number of unbranched alkanes of at least 4 members (excludes halogenated alkanes) is 2. The van der Waals surface area contributed by atoms with Crippen LogP contribution in [0.15, 0.2) is 11.6 Å². The van der Waals surface area contributed by atoms with Gasteiger partial charge in [-0.1, -0.05) is 39.2 Å². The predicted molar refractivity (Wildman–Crippen MR) is 63.7 cm³/mol. The van der Waals surface area contributed by atoms with E-state index in [4.69, 9.17) is 4.74 Å². The quantitative estimate of drug-likeness (QED) is 0.364. The Kier molecular flexibility index (Phi) is 8.06. The summed E-state index contributed by atoms with van der Waals surface area (Å²) in [7, 11) is 0. The Morgan fingerprint density at radius 1 is 1.33 bits per heavy atom. The van der Waals surface area contributed by atoms with E-state index in [0.29, 0.717) is 0 Å². The van der Waals surface area contributed by atoms with E-state index >= 15 is 0 Å². The number of carbonyl (C=O) groups excluding carboxylic acids is 1. The van der Waals surface area contributed by atoms with Gasteiger partial charge < -0.3 is 4.74 Å². The summed E-state index contributed by atoms with van der Waals surface area (Å²) in [4.78, 5) is 11.5. The highest BCUT2D eigenvalue weighted by Gasteiger charge is 2.09. The van der Waals surface area contributed by atoms with E-state index in [1.54, 1.807) is 0 Å². The molecule has 0 heterocycles. The maximum Gasteiger partial charge on any atom is 0.333 e. The summed E-state index contributed by atoms with van der Waals surface area (Å²) in [5.41, 5.74) is 0.742. The Balaban J connectivity index is 3.92. The molecule has 15 heavy (non-hydrogen) atoms. The maximum atomic E-state index is 11.5. The van der Waals surface area contributed by atoms with Crippen LogP contribution in [0.3, 0.4) is 0 Å². The first kappa shape index (κ1) is 14.2. The average Bonchev–Trinajstić information content (AvgIpc) is 2.18. The van der Waals surface area contributed by atoms with Crippen molar-refractivity contribution in [1.82, 2.24) is 0 Å². The van der Waals surface area contributed by atoms with Crippen LogP contribution in [0, 0.1) is 0 Å². The molecule has 2 nitrogen and oxygen atoms in total. The molecule has 0 aliphatic rings. The molecule has 0 bridgehead atoms. The van der Waals surface area contributed by atoms with Crippen LogP contribution < -0.4 is 0 Å². The zero-order valence-electron chi connectivity index (χ0n) is 10.5. The predicted octanol–water partition coefficient (Wildman–Crippen LogP) is 3.85. The molecule has 0 aliphatic carbocycles. The molecule has 2 heteroatoms. The minimum Gasteiger partial charge on any atom is -0.459 e. The summed E-state index contributed by atoms with van der Waals surface area (Å²) in [6, 6.07) is 0. The topological polar surface area (TPSA) is 26.3 Å². The van der Waals surface area contributed by atoms with Gasteiger partial charge in [-0.2, -0.15) is 0 Å². The van der Waals surface area contributed by atoms with Gasteiger partial charge in [-0.3, -0.25) is 0 Å². The summed E-state index contributed by atoms with van der Waals surface area (Å²) < 4.78 is 5.28. The normalized spacial score (nSPS) is 13.7. The molecule has 0 amide bonds. The Bertz CT molecular complexity index is 207. The van der Waals surface area contributed by atoms with Crippen LogP contribution in [0.2, 0.25) is 0 Å². The second-order valence-corrected chi connectivity index (χ2v) is 4.03. The van der Waals surface area contributed by atoms with E-state index < -0.39 is 0 Å². The van der Waals surface area contributed by atoms with Crippen LogP contribution >= 0.6 is 0 Å². The van der Waals surface area contributed by atoms with Crippen molar-refractivity contribution < 1.29 is 9.53 Å². The molecule has 0 saturated carbocycles. The second kappa shape index (κ2) is 8.51. The number of esters is 1. The third kappa shape index (κ3) is 7.18. The highest BCUT2D eigenvalue weighted by molar-refractivity contribution is 5.87. The van der Waals surface area contributed by atoms with Gasteiger partial charge in [0.15, 0.2) is 0 Å². The van der Waals surface area contributed by atoms with E-state index in [-0.39, 0.29) is 12.1 Å². The van der Waals surface area contributed by atoms with E-state index in [9.17, 15) is 4.79 Å². The summed E-state index contributed by atoms with van der Waals surface area (Å²) >= 11 is 0. The van der Waals surface area contributed by atoms with Crippen molar-refractivity contribution in [3.8, 4) is 0 Å². The fourth-order valence-electron chi connectivity index (χ4n) is 1.35. The zero-order valence-corrected chi connectivity index (χ0v) is 10.5. The molecule has 0 saturated heterocycles. The Labute approximate surface area is 93.7 Å². The molecule has 0 N–H and O–H groups in total.